The van der Waals surface area contributed by atoms with Crippen molar-refractivity contribution in [1.82, 2.24) is 0 Å². The minimum atomic E-state index is -0.468. The van der Waals surface area contributed by atoms with E-state index in [2.05, 4.69) is 0 Å². The number of nitro benzene ring substituents is 1. The monoisotopic (exact) mass is 287 g/mol. The molecule has 0 atom stereocenters. The molecule has 0 spiro atoms. The van der Waals surface area contributed by atoms with Crippen LogP contribution in [0.2, 0.25) is 0 Å². The first-order chi connectivity index (χ1) is 10.0. The van der Waals surface area contributed by atoms with Crippen molar-refractivity contribution in [3.05, 3.63) is 58.1 Å². The normalized spacial score (nSPS) is 10.2. The SMILES string of the molecule is COc1cccc(N(C)Cc2ccc(N)c([N+](=O)[O-])c2)c1. The van der Waals surface area contributed by atoms with Crippen molar-refractivity contribution in [1.29, 1.82) is 0 Å². The largest absolute Gasteiger partial charge is 0.497 e. The molecule has 0 heterocycles. The lowest BCUT2D eigenvalue weighted by Crippen LogP contribution is -2.16. The number of hydrogen-bond donors (Lipinski definition) is 1. The second-order valence-electron chi connectivity index (χ2n) is 4.71. The lowest BCUT2D eigenvalue weighted by atomic mass is 10.1. The van der Waals surface area contributed by atoms with Gasteiger partial charge in [-0.25, -0.2) is 0 Å². The summed E-state index contributed by atoms with van der Waals surface area (Å²) in [6.45, 7) is 0.536. The average Bonchev–Trinajstić information content (AvgIpc) is 2.49. The number of anilines is 2. The highest BCUT2D eigenvalue weighted by Gasteiger charge is 2.13. The number of rotatable bonds is 5. The Hall–Kier alpha value is -2.76. The number of nitrogens with zero attached hydrogens (tertiary/aromatic N) is 2. The van der Waals surface area contributed by atoms with Crippen molar-refractivity contribution in [2.24, 2.45) is 0 Å². The van der Waals surface area contributed by atoms with Gasteiger partial charge in [-0.15, -0.1) is 0 Å². The smallest absolute Gasteiger partial charge is 0.292 e. The molecule has 0 aliphatic rings. The summed E-state index contributed by atoms with van der Waals surface area (Å²) in [6.07, 6.45) is 0. The summed E-state index contributed by atoms with van der Waals surface area (Å²) in [5.41, 5.74) is 7.50. The molecule has 0 saturated carbocycles. The predicted molar refractivity (Wildman–Crippen MR) is 82.6 cm³/mol. The van der Waals surface area contributed by atoms with Crippen molar-refractivity contribution in [2.45, 2.75) is 6.54 Å². The number of benzene rings is 2. The number of ether oxygens (including phenoxy) is 1. The summed E-state index contributed by atoms with van der Waals surface area (Å²) in [6, 6.07) is 12.5. The van der Waals surface area contributed by atoms with Gasteiger partial charge in [-0.05, 0) is 23.8 Å². The molecule has 2 N–H and O–H groups in total. The van der Waals surface area contributed by atoms with Gasteiger partial charge in [-0.1, -0.05) is 12.1 Å². The molecular formula is C15H17N3O3. The fourth-order valence-corrected chi connectivity index (χ4v) is 2.06. The Morgan fingerprint density at radius 1 is 1.29 bits per heavy atom. The van der Waals surface area contributed by atoms with Gasteiger partial charge in [0.1, 0.15) is 11.4 Å². The van der Waals surface area contributed by atoms with Crippen LogP contribution in [0.5, 0.6) is 5.75 Å². The summed E-state index contributed by atoms with van der Waals surface area (Å²) >= 11 is 0. The van der Waals surface area contributed by atoms with Gasteiger partial charge in [0, 0.05) is 31.4 Å². The van der Waals surface area contributed by atoms with Crippen molar-refractivity contribution in [3.63, 3.8) is 0 Å². The standard InChI is InChI=1S/C15H17N3O3/c1-17(12-4-3-5-13(9-12)21-2)10-11-6-7-14(16)15(8-11)18(19)20/h3-9H,10,16H2,1-2H3. The van der Waals surface area contributed by atoms with Crippen LogP contribution in [-0.4, -0.2) is 19.1 Å². The molecule has 6 heteroatoms. The Bertz CT molecular complexity index is 658. The molecule has 2 aromatic rings. The second kappa shape index (κ2) is 6.13. The summed E-state index contributed by atoms with van der Waals surface area (Å²) < 4.78 is 5.19. The van der Waals surface area contributed by atoms with Crippen LogP contribution in [0.3, 0.4) is 0 Å². The van der Waals surface area contributed by atoms with Gasteiger partial charge in [0.25, 0.3) is 5.69 Å². The molecule has 0 saturated heterocycles. The molecule has 21 heavy (non-hydrogen) atoms. The Morgan fingerprint density at radius 2 is 2.05 bits per heavy atom. The van der Waals surface area contributed by atoms with Gasteiger partial charge in [-0.2, -0.15) is 0 Å². The number of hydrogen-bond acceptors (Lipinski definition) is 5. The minimum Gasteiger partial charge on any atom is -0.497 e. The van der Waals surface area contributed by atoms with Crippen LogP contribution in [0, 0.1) is 10.1 Å². The maximum absolute atomic E-state index is 10.9. The molecule has 0 bridgehead atoms. The maximum atomic E-state index is 10.9. The third kappa shape index (κ3) is 3.42. The molecule has 110 valence electrons. The number of nitrogens with two attached hydrogens (primary N) is 1. The zero-order valence-electron chi connectivity index (χ0n) is 11.9. The summed E-state index contributed by atoms with van der Waals surface area (Å²) in [5.74, 6) is 0.766. The van der Waals surface area contributed by atoms with E-state index in [4.69, 9.17) is 10.5 Å². The Kier molecular flexibility index (Phi) is 4.27. The van der Waals surface area contributed by atoms with Gasteiger partial charge >= 0.3 is 0 Å². The van der Waals surface area contributed by atoms with Crippen LogP contribution in [-0.2, 0) is 6.54 Å². The fraction of sp³-hybridized carbons (Fsp3) is 0.200. The summed E-state index contributed by atoms with van der Waals surface area (Å²) in [5, 5.41) is 10.9. The molecule has 0 fully saturated rings. The van der Waals surface area contributed by atoms with Gasteiger partial charge in [0.05, 0.1) is 12.0 Å². The van der Waals surface area contributed by atoms with Gasteiger partial charge in [-0.3, -0.25) is 10.1 Å². The molecule has 2 aromatic carbocycles. The van der Waals surface area contributed by atoms with Crippen LogP contribution >= 0.6 is 0 Å². The molecule has 2 rings (SSSR count). The third-order valence-electron chi connectivity index (χ3n) is 3.21. The van der Waals surface area contributed by atoms with Crippen molar-refractivity contribution >= 4 is 17.1 Å². The fourth-order valence-electron chi connectivity index (χ4n) is 2.06. The first kappa shape index (κ1) is 14.6. The maximum Gasteiger partial charge on any atom is 0.292 e. The Morgan fingerprint density at radius 3 is 2.71 bits per heavy atom. The van der Waals surface area contributed by atoms with Crippen LogP contribution in [0.25, 0.3) is 0 Å². The quantitative estimate of drug-likeness (QED) is 0.519. The first-order valence-corrected chi connectivity index (χ1v) is 6.39. The molecule has 0 unspecified atom stereocenters. The molecule has 0 aromatic heterocycles. The second-order valence-corrected chi connectivity index (χ2v) is 4.71. The highest BCUT2D eigenvalue weighted by Crippen LogP contribution is 2.25. The van der Waals surface area contributed by atoms with E-state index in [0.29, 0.717) is 6.54 Å². The van der Waals surface area contributed by atoms with Crippen LogP contribution in [0.1, 0.15) is 5.56 Å². The molecule has 0 aliphatic heterocycles. The lowest BCUT2D eigenvalue weighted by Gasteiger charge is -2.20. The van der Waals surface area contributed by atoms with Crippen LogP contribution in [0.4, 0.5) is 17.1 Å². The van der Waals surface area contributed by atoms with Gasteiger partial charge in [0.15, 0.2) is 0 Å². The number of nitrogen functional groups attached to an aromatic ring is 1. The average molecular weight is 287 g/mol. The van der Waals surface area contributed by atoms with E-state index >= 15 is 0 Å². The van der Waals surface area contributed by atoms with Gasteiger partial charge in [0.2, 0.25) is 0 Å². The van der Waals surface area contributed by atoms with E-state index in [9.17, 15) is 10.1 Å². The van der Waals surface area contributed by atoms with E-state index in [-0.39, 0.29) is 11.4 Å². The summed E-state index contributed by atoms with van der Waals surface area (Å²) in [4.78, 5) is 12.4. The minimum absolute atomic E-state index is 0.0634. The highest BCUT2D eigenvalue weighted by molar-refractivity contribution is 5.60. The molecular weight excluding hydrogens is 270 g/mol. The van der Waals surface area contributed by atoms with Crippen molar-refractivity contribution in [3.8, 4) is 5.75 Å². The number of methoxy groups -OCH3 is 1. The number of nitro groups is 1. The Labute approximate surface area is 122 Å². The molecule has 0 aliphatic carbocycles. The zero-order chi connectivity index (χ0) is 15.4. The molecule has 6 nitrogen and oxygen atoms in total. The van der Waals surface area contributed by atoms with E-state index in [1.165, 1.54) is 6.07 Å². The van der Waals surface area contributed by atoms with Crippen molar-refractivity contribution < 1.29 is 9.66 Å². The first-order valence-electron chi connectivity index (χ1n) is 6.39. The van der Waals surface area contributed by atoms with E-state index in [1.54, 1.807) is 19.2 Å². The molecule has 0 radical (unpaired) electrons. The third-order valence-corrected chi connectivity index (χ3v) is 3.21. The van der Waals surface area contributed by atoms with E-state index in [0.717, 1.165) is 17.0 Å². The topological polar surface area (TPSA) is 81.6 Å². The van der Waals surface area contributed by atoms with E-state index < -0.39 is 4.92 Å². The Balaban J connectivity index is 2.21. The van der Waals surface area contributed by atoms with E-state index in [1.807, 2.05) is 36.2 Å². The van der Waals surface area contributed by atoms with Crippen LogP contribution < -0.4 is 15.4 Å². The predicted octanol–water partition coefficient (Wildman–Crippen LogP) is 2.82. The van der Waals surface area contributed by atoms with Crippen molar-refractivity contribution in [2.75, 3.05) is 24.8 Å². The van der Waals surface area contributed by atoms with Gasteiger partial charge < -0.3 is 15.4 Å². The highest BCUT2D eigenvalue weighted by atomic mass is 16.6. The van der Waals surface area contributed by atoms with Crippen LogP contribution in [0.15, 0.2) is 42.5 Å². The molecule has 0 amide bonds. The summed E-state index contributed by atoms with van der Waals surface area (Å²) in [7, 11) is 3.53. The lowest BCUT2D eigenvalue weighted by molar-refractivity contribution is -0.384. The zero-order valence-corrected chi connectivity index (χ0v) is 11.9.